The molecule has 2 aromatic carbocycles. The number of aromatic amines is 2. The van der Waals surface area contributed by atoms with Crippen LogP contribution in [0.4, 0.5) is 8.78 Å². The van der Waals surface area contributed by atoms with Gasteiger partial charge in [-0.2, -0.15) is 0 Å². The van der Waals surface area contributed by atoms with Crippen LogP contribution in [0.1, 0.15) is 147 Å². The van der Waals surface area contributed by atoms with E-state index < -0.39 is 18.1 Å². The molecule has 0 radical (unpaired) electrons. The average Bonchev–Trinajstić information content (AvgIpc) is 4.43. The molecule has 4 amide bonds. The molecule has 4 aliphatic heterocycles. The van der Waals surface area contributed by atoms with E-state index in [-0.39, 0.29) is 114 Å². The van der Waals surface area contributed by atoms with Crippen LogP contribution in [0.15, 0.2) is 48.8 Å². The summed E-state index contributed by atoms with van der Waals surface area (Å²) in [5.74, 6) is -2.28. The summed E-state index contributed by atoms with van der Waals surface area (Å²) in [5.41, 5.74) is 3.39. The van der Waals surface area contributed by atoms with Crippen molar-refractivity contribution in [1.82, 2.24) is 40.2 Å². The lowest BCUT2D eigenvalue weighted by Gasteiger charge is -2.36. The van der Waals surface area contributed by atoms with Crippen molar-refractivity contribution >= 4 is 57.4 Å². The largest absolute Gasteiger partial charge is 0.480 e. The van der Waals surface area contributed by atoms with Gasteiger partial charge < -0.3 is 40.2 Å². The summed E-state index contributed by atoms with van der Waals surface area (Å²) in [4.78, 5) is 93.4. The van der Waals surface area contributed by atoms with Crippen molar-refractivity contribution in [1.29, 1.82) is 0 Å². The lowest BCUT2D eigenvalue weighted by Crippen LogP contribution is -2.55. The number of rotatable bonds is 17. The molecule has 0 spiro atoms. The highest BCUT2D eigenvalue weighted by molar-refractivity contribution is 5.91. The number of benzene rings is 2. The van der Waals surface area contributed by atoms with Crippen LogP contribution in [0.3, 0.4) is 0 Å². The third kappa shape index (κ3) is 12.0. The van der Waals surface area contributed by atoms with Crippen molar-refractivity contribution in [3.05, 3.63) is 71.6 Å². The van der Waals surface area contributed by atoms with Crippen molar-refractivity contribution in [2.24, 2.45) is 23.7 Å². The number of likely N-dealkylation sites (tertiary alicyclic amines) is 4. The van der Waals surface area contributed by atoms with Crippen molar-refractivity contribution < 1.29 is 47.4 Å². The number of hydrogen-bond acceptors (Lipinski definition) is 9. The smallest absolute Gasteiger partial charge is 0.320 e. The zero-order valence-electron chi connectivity index (χ0n) is 46.2. The van der Waals surface area contributed by atoms with Crippen LogP contribution in [0.2, 0.25) is 0 Å². The fourth-order valence-electron chi connectivity index (χ4n) is 14.2. The lowest BCUT2D eigenvalue weighted by molar-refractivity contribution is -0.144. The van der Waals surface area contributed by atoms with Gasteiger partial charge in [-0.05, 0) is 118 Å². The predicted molar refractivity (Wildman–Crippen MR) is 293 cm³/mol. The van der Waals surface area contributed by atoms with Gasteiger partial charge in [-0.3, -0.25) is 38.6 Å². The first-order valence-corrected chi connectivity index (χ1v) is 29.2. The number of carbonyl (C=O) groups excluding carboxylic acids is 5. The first-order chi connectivity index (χ1) is 37.6. The highest BCUT2D eigenvalue weighted by atomic mass is 19.1. The van der Waals surface area contributed by atoms with E-state index in [2.05, 4.69) is 25.5 Å². The van der Waals surface area contributed by atoms with E-state index in [4.69, 9.17) is 4.74 Å². The average molecular weight is 1080 g/mol. The van der Waals surface area contributed by atoms with Gasteiger partial charge >= 0.3 is 11.9 Å². The molecule has 2 aromatic heterocycles. The maximum Gasteiger partial charge on any atom is 0.320 e. The molecule has 18 heteroatoms. The molecule has 16 nitrogen and oxygen atoms in total. The summed E-state index contributed by atoms with van der Waals surface area (Å²) in [7, 11) is 0. The van der Waals surface area contributed by atoms with E-state index in [0.717, 1.165) is 98.9 Å². The first kappa shape index (κ1) is 56.8. The third-order valence-electron chi connectivity index (χ3n) is 18.6. The van der Waals surface area contributed by atoms with E-state index in [0.29, 0.717) is 56.7 Å². The summed E-state index contributed by atoms with van der Waals surface area (Å²) in [6.45, 7) is 12.2. The Morgan fingerprint density at radius 3 is 1.45 bits per heavy atom. The number of carbonyl (C=O) groups is 6. The van der Waals surface area contributed by atoms with Gasteiger partial charge in [0.25, 0.3) is 0 Å². The molecule has 424 valence electrons. The van der Waals surface area contributed by atoms with Gasteiger partial charge in [0, 0.05) is 96.1 Å². The van der Waals surface area contributed by atoms with Crippen molar-refractivity contribution in [3.63, 3.8) is 0 Å². The monoisotopic (exact) mass is 1080 g/mol. The molecule has 4 aromatic rings. The number of fused-ring (bicyclic) bond motifs is 4. The minimum Gasteiger partial charge on any atom is -0.480 e. The Kier molecular flexibility index (Phi) is 18.3. The molecule has 10 rings (SSSR count). The molecule has 2 saturated carbocycles. The van der Waals surface area contributed by atoms with Crippen molar-refractivity contribution in [2.45, 2.75) is 173 Å². The minimum absolute atomic E-state index is 0.000951. The fraction of sp³-hybridized carbons (Fsp3) is 0.633. The molecule has 0 bridgehead atoms. The second-order valence-corrected chi connectivity index (χ2v) is 23.3. The summed E-state index contributed by atoms with van der Waals surface area (Å²) in [5, 5.41) is 17.7. The maximum atomic E-state index is 14.4. The molecular weight excluding hydrogens is 999 g/mol. The molecule has 5 N–H and O–H groups in total. The van der Waals surface area contributed by atoms with E-state index in [1.807, 2.05) is 54.8 Å². The number of hydrogen-bond donors (Lipinski definition) is 5. The third-order valence-corrected chi connectivity index (χ3v) is 18.6. The number of H-pyrrole nitrogens is 2. The molecule has 10 atom stereocenters. The van der Waals surface area contributed by atoms with Gasteiger partial charge in [0.15, 0.2) is 0 Å². The normalized spacial score (nSPS) is 25.5. The number of ether oxygens (including phenoxy) is 1. The van der Waals surface area contributed by atoms with Gasteiger partial charge in [-0.25, -0.2) is 8.78 Å². The van der Waals surface area contributed by atoms with Gasteiger partial charge in [-0.15, -0.1) is 0 Å². The topological polar surface area (TPSA) is 200 Å². The van der Waals surface area contributed by atoms with Crippen LogP contribution in [-0.4, -0.2) is 152 Å². The Bertz CT molecular complexity index is 2790. The fourth-order valence-corrected chi connectivity index (χ4v) is 14.2. The molecule has 4 saturated heterocycles. The summed E-state index contributed by atoms with van der Waals surface area (Å²) < 4.78 is 33.1. The highest BCUT2D eigenvalue weighted by Crippen LogP contribution is 2.46. The predicted octanol–water partition coefficient (Wildman–Crippen LogP) is 8.22. The van der Waals surface area contributed by atoms with Crippen LogP contribution < -0.4 is 10.6 Å². The standard InChI is InChI=1S/C31H43FN4O4.C29H39FN4O4/c1-4-19(3)30(38)34-28(20-9-7-6-8-10-20)31(39)36-14-13-26-29(36)24(17-35(26)18-27(37)40-5-2)23-16-33-25-15-21(32)11-12-22(23)25;1-3-17(2)28(37)32-26(18-7-5-4-6-8-18)29(38)34-12-11-24-27(34)22(15-33(24)16-25(35)36)21-14-31-23-13-19(30)9-10-20(21)23/h11-12,15-16,19-20,24,26,28-29,33H,4-10,13-14,17-18H2,1-3H3,(H,34,38);9-10,13-14,17-18,22,24,26-27,31H,3-8,11-12,15-16H2,1-2H3,(H,32,37)(H,35,36)/t19-,24-,26-,28+,29-;17-,22-,24-,26+,27-/m11/s1. The van der Waals surface area contributed by atoms with E-state index >= 15 is 0 Å². The van der Waals surface area contributed by atoms with Crippen LogP contribution in [0, 0.1) is 35.3 Å². The van der Waals surface area contributed by atoms with E-state index in [1.54, 1.807) is 19.1 Å². The molecule has 6 heterocycles. The highest BCUT2D eigenvalue weighted by Gasteiger charge is 2.55. The SMILES string of the molecule is CCOC(=O)CN1C[C@H](c2c[nH]c3cc(F)ccc23)[C@@H]2[C@H]1CCN2C(=O)[C@@H](NC(=O)[C@H](C)CC)C1CCCCC1.CC[C@@H](C)C(=O)N[C@H](C(=O)N1CC[C@@H]2[C@H]1[C@@H](c1c[nH]c3cc(F)ccc13)CN2CC(=O)O)C1CCCCC1. The number of nitrogens with one attached hydrogen (secondary N) is 4. The molecule has 0 unspecified atom stereocenters. The quantitative estimate of drug-likeness (QED) is 0.0642. The Hall–Kier alpha value is -5.88. The number of amides is 4. The number of carboxylic acids is 1. The number of nitrogens with zero attached hydrogens (tertiary/aromatic N) is 4. The molecule has 6 aliphatic rings. The van der Waals surface area contributed by atoms with Gasteiger partial charge in [0.1, 0.15) is 23.7 Å². The Morgan fingerprint density at radius 1 is 0.628 bits per heavy atom. The number of aromatic nitrogens is 2. The Morgan fingerprint density at radius 2 is 1.05 bits per heavy atom. The first-order valence-electron chi connectivity index (χ1n) is 29.2. The summed E-state index contributed by atoms with van der Waals surface area (Å²) in [6.07, 6.45) is 16.9. The number of carboxylic acid groups (broad SMARTS) is 1. The van der Waals surface area contributed by atoms with E-state index in [9.17, 15) is 42.7 Å². The zero-order valence-corrected chi connectivity index (χ0v) is 46.2. The van der Waals surface area contributed by atoms with Gasteiger partial charge in [0.2, 0.25) is 23.6 Å². The van der Waals surface area contributed by atoms with Crippen LogP contribution in [0.25, 0.3) is 21.8 Å². The molecule has 78 heavy (non-hydrogen) atoms. The van der Waals surface area contributed by atoms with E-state index in [1.165, 1.54) is 24.3 Å². The molecular formula is C60H82F2N8O8. The lowest BCUT2D eigenvalue weighted by atomic mass is 9.82. The van der Waals surface area contributed by atoms with Crippen LogP contribution >= 0.6 is 0 Å². The van der Waals surface area contributed by atoms with Gasteiger partial charge in [-0.1, -0.05) is 66.2 Å². The second-order valence-electron chi connectivity index (χ2n) is 23.3. The Labute approximate surface area is 457 Å². The van der Waals surface area contributed by atoms with Gasteiger partial charge in [0.05, 0.1) is 31.8 Å². The maximum absolute atomic E-state index is 14.4. The van der Waals surface area contributed by atoms with Crippen LogP contribution in [-0.2, 0) is 33.5 Å². The number of halogens is 2. The number of aliphatic carboxylic acids is 1. The molecule has 6 fully saturated rings. The van der Waals surface area contributed by atoms with Crippen molar-refractivity contribution in [2.75, 3.05) is 45.9 Å². The van der Waals surface area contributed by atoms with Crippen LogP contribution in [0.5, 0.6) is 0 Å². The Balaban J connectivity index is 0.000000190. The zero-order chi connectivity index (χ0) is 55.4. The molecule has 2 aliphatic carbocycles. The van der Waals surface area contributed by atoms with Crippen molar-refractivity contribution in [3.8, 4) is 0 Å². The second kappa shape index (κ2) is 25.1. The minimum atomic E-state index is -0.893. The summed E-state index contributed by atoms with van der Waals surface area (Å²) in [6, 6.07) is 7.83. The summed E-state index contributed by atoms with van der Waals surface area (Å²) >= 11 is 0. The number of esters is 1.